The Labute approximate surface area is 169 Å². The number of nitrogens with zero attached hydrogens (tertiary/aromatic N) is 2. The zero-order chi connectivity index (χ0) is 20.4. The Kier molecular flexibility index (Phi) is 5.38. The molecule has 2 N–H and O–H groups in total. The van der Waals surface area contributed by atoms with Crippen molar-refractivity contribution >= 4 is 22.8 Å². The van der Waals surface area contributed by atoms with Gasteiger partial charge in [0.25, 0.3) is 5.91 Å². The van der Waals surface area contributed by atoms with Gasteiger partial charge in [-0.1, -0.05) is 26.0 Å². The van der Waals surface area contributed by atoms with Crippen LogP contribution in [0.2, 0.25) is 0 Å². The van der Waals surface area contributed by atoms with Gasteiger partial charge in [-0.05, 0) is 37.0 Å². The summed E-state index contributed by atoms with van der Waals surface area (Å²) in [6.07, 6.45) is 4.26. The van der Waals surface area contributed by atoms with Gasteiger partial charge in [-0.3, -0.25) is 9.59 Å². The van der Waals surface area contributed by atoms with Crippen molar-refractivity contribution in [2.45, 2.75) is 32.7 Å². The fourth-order valence-corrected chi connectivity index (χ4v) is 3.86. The summed E-state index contributed by atoms with van der Waals surface area (Å²) < 4.78 is 5.00. The van der Waals surface area contributed by atoms with Gasteiger partial charge in [0.2, 0.25) is 5.91 Å². The van der Waals surface area contributed by atoms with Crippen LogP contribution in [0, 0.1) is 11.8 Å². The van der Waals surface area contributed by atoms with Crippen LogP contribution in [0.4, 0.5) is 0 Å². The number of carbonyl (C=O) groups is 2. The maximum absolute atomic E-state index is 12.9. The molecule has 1 aliphatic rings. The minimum Gasteiger partial charge on any atom is -0.472 e. The van der Waals surface area contributed by atoms with E-state index in [0.717, 1.165) is 16.9 Å². The highest BCUT2D eigenvalue weighted by atomic mass is 16.3. The van der Waals surface area contributed by atoms with E-state index in [1.54, 1.807) is 11.0 Å². The molecule has 152 valence electrons. The molecule has 0 spiro atoms. The van der Waals surface area contributed by atoms with Crippen molar-refractivity contribution in [2.75, 3.05) is 13.1 Å². The number of aromatic nitrogens is 2. The molecule has 0 radical (unpaired) electrons. The molecule has 0 saturated carbocycles. The van der Waals surface area contributed by atoms with Gasteiger partial charge in [-0.2, -0.15) is 0 Å². The minimum atomic E-state index is -0.180. The molecule has 29 heavy (non-hydrogen) atoms. The van der Waals surface area contributed by atoms with Gasteiger partial charge in [0.15, 0.2) is 0 Å². The smallest absolute Gasteiger partial charge is 0.257 e. The Bertz CT molecular complexity index is 952. The molecule has 1 unspecified atom stereocenters. The molecule has 2 amide bonds. The third-order valence-electron chi connectivity index (χ3n) is 5.59. The first kappa shape index (κ1) is 19.2. The Balaban J connectivity index is 1.39. The number of furan rings is 1. The van der Waals surface area contributed by atoms with E-state index in [2.05, 4.69) is 29.1 Å². The fourth-order valence-electron chi connectivity index (χ4n) is 3.86. The quantitative estimate of drug-likeness (QED) is 0.693. The lowest BCUT2D eigenvalue weighted by molar-refractivity contribution is -0.127. The highest BCUT2D eigenvalue weighted by molar-refractivity contribution is 5.94. The summed E-state index contributed by atoms with van der Waals surface area (Å²) in [5, 5.41) is 3.18. The number of piperidine rings is 1. The zero-order valence-corrected chi connectivity index (χ0v) is 16.7. The predicted molar refractivity (Wildman–Crippen MR) is 109 cm³/mol. The molecule has 0 aliphatic carbocycles. The van der Waals surface area contributed by atoms with Crippen LogP contribution in [-0.4, -0.2) is 39.8 Å². The molecular formula is C22H26N4O3. The van der Waals surface area contributed by atoms with E-state index < -0.39 is 0 Å². The lowest BCUT2D eigenvalue weighted by Gasteiger charge is -2.32. The zero-order valence-electron chi connectivity index (χ0n) is 16.7. The number of H-pyrrole nitrogens is 1. The molecule has 7 nitrogen and oxygen atoms in total. The number of hydrogen-bond acceptors (Lipinski definition) is 4. The first-order valence-corrected chi connectivity index (χ1v) is 10.1. The van der Waals surface area contributed by atoms with Crippen molar-refractivity contribution in [1.82, 2.24) is 20.2 Å². The SMILES string of the molecule is CC(C)C(NC(=O)C1CCN(C(=O)c2ccoc2)CC1)c1nc2ccccc2[nH]1. The number of benzene rings is 1. The summed E-state index contributed by atoms with van der Waals surface area (Å²) in [5.74, 6) is 0.859. The third-order valence-corrected chi connectivity index (χ3v) is 5.59. The van der Waals surface area contributed by atoms with Crippen molar-refractivity contribution in [3.63, 3.8) is 0 Å². The molecule has 4 rings (SSSR count). The predicted octanol–water partition coefficient (Wildman–Crippen LogP) is 3.52. The molecule has 2 aromatic heterocycles. The Morgan fingerprint density at radius 2 is 1.97 bits per heavy atom. The van der Waals surface area contributed by atoms with Gasteiger partial charge in [0, 0.05) is 19.0 Å². The van der Waals surface area contributed by atoms with Gasteiger partial charge >= 0.3 is 0 Å². The average molecular weight is 394 g/mol. The maximum atomic E-state index is 12.9. The molecule has 1 saturated heterocycles. The van der Waals surface area contributed by atoms with Crippen molar-refractivity contribution in [3.05, 3.63) is 54.2 Å². The highest BCUT2D eigenvalue weighted by Gasteiger charge is 2.30. The second-order valence-electron chi connectivity index (χ2n) is 7.95. The number of amides is 2. The van der Waals surface area contributed by atoms with Crippen molar-refractivity contribution in [2.24, 2.45) is 11.8 Å². The molecule has 1 atom stereocenters. The summed E-state index contributed by atoms with van der Waals surface area (Å²) in [7, 11) is 0. The number of fused-ring (bicyclic) bond motifs is 1. The standard InChI is InChI=1S/C22H26N4O3/c1-14(2)19(20-23-17-5-3-4-6-18(17)24-20)25-21(27)15-7-10-26(11-8-15)22(28)16-9-12-29-13-16/h3-6,9,12-15,19H,7-8,10-11H2,1-2H3,(H,23,24)(H,25,27). The lowest BCUT2D eigenvalue weighted by atomic mass is 9.94. The van der Waals surface area contributed by atoms with E-state index >= 15 is 0 Å². The molecule has 1 aliphatic heterocycles. The molecule has 1 aromatic carbocycles. The minimum absolute atomic E-state index is 0.0274. The number of hydrogen-bond donors (Lipinski definition) is 2. The second kappa shape index (κ2) is 8.11. The Hall–Kier alpha value is -3.09. The largest absolute Gasteiger partial charge is 0.472 e. The number of imidazole rings is 1. The summed E-state index contributed by atoms with van der Waals surface area (Å²) in [6, 6.07) is 9.35. The normalized spacial score (nSPS) is 16.3. The van der Waals surface area contributed by atoms with Crippen molar-refractivity contribution in [3.8, 4) is 0 Å². The van der Waals surface area contributed by atoms with Crippen LogP contribution >= 0.6 is 0 Å². The van der Waals surface area contributed by atoms with Crippen LogP contribution in [0.5, 0.6) is 0 Å². The van der Waals surface area contributed by atoms with E-state index in [9.17, 15) is 9.59 Å². The average Bonchev–Trinajstić information content (AvgIpc) is 3.40. The molecule has 3 aromatic rings. The summed E-state index contributed by atoms with van der Waals surface area (Å²) in [6.45, 7) is 5.28. The molecular weight excluding hydrogens is 368 g/mol. The van der Waals surface area contributed by atoms with Crippen LogP contribution in [0.25, 0.3) is 11.0 Å². The van der Waals surface area contributed by atoms with Gasteiger partial charge in [0.1, 0.15) is 12.1 Å². The van der Waals surface area contributed by atoms with Crippen molar-refractivity contribution in [1.29, 1.82) is 0 Å². The van der Waals surface area contributed by atoms with E-state index in [-0.39, 0.29) is 29.7 Å². The second-order valence-corrected chi connectivity index (χ2v) is 7.95. The van der Waals surface area contributed by atoms with Crippen LogP contribution in [0.1, 0.15) is 48.9 Å². The number of likely N-dealkylation sites (tertiary alicyclic amines) is 1. The number of para-hydroxylation sites is 2. The third kappa shape index (κ3) is 4.04. The molecule has 3 heterocycles. The maximum Gasteiger partial charge on any atom is 0.257 e. The van der Waals surface area contributed by atoms with Gasteiger partial charge in [-0.25, -0.2) is 4.98 Å². The van der Waals surface area contributed by atoms with Crippen LogP contribution < -0.4 is 5.32 Å². The lowest BCUT2D eigenvalue weighted by Crippen LogP contribution is -2.44. The van der Waals surface area contributed by atoms with Crippen molar-refractivity contribution < 1.29 is 14.0 Å². The first-order chi connectivity index (χ1) is 14.0. The molecule has 7 heteroatoms. The number of rotatable bonds is 5. The van der Waals surface area contributed by atoms with Gasteiger partial charge < -0.3 is 19.6 Å². The Morgan fingerprint density at radius 1 is 1.21 bits per heavy atom. The van der Waals surface area contributed by atoms with Gasteiger partial charge in [0.05, 0.1) is 28.9 Å². The Morgan fingerprint density at radius 3 is 2.62 bits per heavy atom. The summed E-state index contributed by atoms with van der Waals surface area (Å²) >= 11 is 0. The van der Waals surface area contributed by atoms with E-state index in [0.29, 0.717) is 31.5 Å². The number of nitrogens with one attached hydrogen (secondary N) is 2. The van der Waals surface area contributed by atoms with Crippen LogP contribution in [-0.2, 0) is 4.79 Å². The molecule has 0 bridgehead atoms. The monoisotopic (exact) mass is 394 g/mol. The molecule has 1 fully saturated rings. The van der Waals surface area contributed by atoms with Gasteiger partial charge in [-0.15, -0.1) is 0 Å². The first-order valence-electron chi connectivity index (χ1n) is 10.1. The van der Waals surface area contributed by atoms with E-state index in [1.165, 1.54) is 12.5 Å². The number of aromatic amines is 1. The summed E-state index contributed by atoms with van der Waals surface area (Å²) in [5.41, 5.74) is 2.42. The summed E-state index contributed by atoms with van der Waals surface area (Å²) in [4.78, 5) is 35.1. The van der Waals surface area contributed by atoms with E-state index in [1.807, 2.05) is 24.3 Å². The highest BCUT2D eigenvalue weighted by Crippen LogP contribution is 2.25. The number of carbonyl (C=O) groups excluding carboxylic acids is 2. The van der Waals surface area contributed by atoms with Crippen LogP contribution in [0.3, 0.4) is 0 Å². The topological polar surface area (TPSA) is 91.2 Å². The van der Waals surface area contributed by atoms with Crippen LogP contribution in [0.15, 0.2) is 47.3 Å². The van der Waals surface area contributed by atoms with E-state index in [4.69, 9.17) is 4.42 Å². The fraction of sp³-hybridized carbons (Fsp3) is 0.409.